The maximum atomic E-state index is 12.1. The molecule has 3 N–H and O–H groups in total. The molecule has 0 bridgehead atoms. The molecule has 0 aliphatic carbocycles. The number of carbonyl (C=O) groups excluding carboxylic acids is 1. The van der Waals surface area contributed by atoms with Crippen LogP contribution in [-0.4, -0.2) is 38.2 Å². The van der Waals surface area contributed by atoms with Crippen molar-refractivity contribution in [1.29, 1.82) is 0 Å². The predicted molar refractivity (Wildman–Crippen MR) is 130 cm³/mol. The van der Waals surface area contributed by atoms with Gasteiger partial charge in [-0.2, -0.15) is 5.10 Å². The van der Waals surface area contributed by atoms with Crippen LogP contribution in [0, 0.1) is 6.92 Å². The lowest BCUT2D eigenvalue weighted by Gasteiger charge is -2.20. The summed E-state index contributed by atoms with van der Waals surface area (Å²) in [6.45, 7) is 7.63. The van der Waals surface area contributed by atoms with Crippen LogP contribution in [0.3, 0.4) is 0 Å². The Labute approximate surface area is 196 Å². The number of H-pyrrole nitrogens is 1. The third kappa shape index (κ3) is 5.40. The first-order valence-corrected chi connectivity index (χ1v) is 10.8. The highest BCUT2D eigenvalue weighted by Crippen LogP contribution is 2.33. The lowest BCUT2D eigenvalue weighted by molar-refractivity contribution is -0.124. The number of nitrogens with zero attached hydrogens (tertiary/aromatic N) is 3. The summed E-state index contributed by atoms with van der Waals surface area (Å²) >= 11 is 6.37. The van der Waals surface area contributed by atoms with Gasteiger partial charge in [0.2, 0.25) is 0 Å². The number of aryl methyl sites for hydroxylation is 1. The minimum atomic E-state index is -0.319. The Bertz CT molecular complexity index is 1300. The van der Waals surface area contributed by atoms with Crippen molar-refractivity contribution < 1.29 is 9.53 Å². The average Bonchev–Trinajstić information content (AvgIpc) is 3.27. The first kappa shape index (κ1) is 22.5. The second-order valence-electron chi connectivity index (χ2n) is 8.69. The molecule has 4 rings (SSSR count). The second-order valence-corrected chi connectivity index (χ2v) is 9.10. The Morgan fingerprint density at radius 1 is 1.18 bits per heavy atom. The van der Waals surface area contributed by atoms with Gasteiger partial charge in [-0.05, 0) is 57.5 Å². The van der Waals surface area contributed by atoms with E-state index in [9.17, 15) is 4.79 Å². The number of benzene rings is 2. The van der Waals surface area contributed by atoms with Crippen LogP contribution in [0.1, 0.15) is 26.3 Å². The maximum Gasteiger partial charge on any atom is 0.258 e. The second kappa shape index (κ2) is 9.07. The molecule has 0 unspecified atom stereocenters. The number of amides is 1. The molecule has 0 aliphatic rings. The van der Waals surface area contributed by atoms with Crippen molar-refractivity contribution in [2.24, 2.45) is 0 Å². The van der Waals surface area contributed by atoms with E-state index in [-0.39, 0.29) is 18.1 Å². The van der Waals surface area contributed by atoms with E-state index in [1.807, 2.05) is 58.0 Å². The molecule has 170 valence electrons. The summed E-state index contributed by atoms with van der Waals surface area (Å²) in [4.78, 5) is 21.6. The minimum Gasteiger partial charge on any atom is -0.484 e. The van der Waals surface area contributed by atoms with Gasteiger partial charge in [-0.1, -0.05) is 23.7 Å². The molecular weight excluding hydrogens is 440 g/mol. The highest BCUT2D eigenvalue weighted by atomic mass is 35.5. The summed E-state index contributed by atoms with van der Waals surface area (Å²) < 4.78 is 5.70. The van der Waals surface area contributed by atoms with Crippen LogP contribution in [0.2, 0.25) is 5.02 Å². The standard InChI is InChI=1S/C24H25ClN6O2/c1-14-18(25)8-9-19-21(14)23(28-16-11-26-27-12-16)30-22(29-19)15-6-5-7-17(10-15)33-13-20(32)31-24(2,3)4/h5-12H,13H2,1-4H3,(H,26,27)(H,31,32)(H,28,29,30). The largest absolute Gasteiger partial charge is 0.484 e. The summed E-state index contributed by atoms with van der Waals surface area (Å²) in [5.41, 5.74) is 2.84. The number of rotatable bonds is 6. The van der Waals surface area contributed by atoms with Gasteiger partial charge in [0, 0.05) is 27.7 Å². The number of aromatic nitrogens is 4. The van der Waals surface area contributed by atoms with Gasteiger partial charge in [0.05, 0.1) is 17.4 Å². The van der Waals surface area contributed by atoms with Crippen LogP contribution < -0.4 is 15.4 Å². The van der Waals surface area contributed by atoms with Crippen LogP contribution in [-0.2, 0) is 4.79 Å². The van der Waals surface area contributed by atoms with Crippen molar-refractivity contribution in [3.05, 3.63) is 59.4 Å². The number of anilines is 2. The van der Waals surface area contributed by atoms with Gasteiger partial charge in [0.25, 0.3) is 5.91 Å². The zero-order valence-corrected chi connectivity index (χ0v) is 19.6. The van der Waals surface area contributed by atoms with Crippen molar-refractivity contribution in [1.82, 2.24) is 25.5 Å². The van der Waals surface area contributed by atoms with E-state index in [2.05, 4.69) is 20.8 Å². The van der Waals surface area contributed by atoms with Crippen molar-refractivity contribution in [3.8, 4) is 17.1 Å². The van der Waals surface area contributed by atoms with Gasteiger partial charge in [-0.25, -0.2) is 9.97 Å². The lowest BCUT2D eigenvalue weighted by Crippen LogP contribution is -2.43. The molecule has 0 radical (unpaired) electrons. The number of ether oxygens (including phenoxy) is 1. The van der Waals surface area contributed by atoms with Gasteiger partial charge in [0.15, 0.2) is 12.4 Å². The molecule has 0 saturated heterocycles. The average molecular weight is 465 g/mol. The van der Waals surface area contributed by atoms with E-state index < -0.39 is 0 Å². The number of carbonyl (C=O) groups is 1. The summed E-state index contributed by atoms with van der Waals surface area (Å²) in [5.74, 6) is 1.50. The van der Waals surface area contributed by atoms with E-state index >= 15 is 0 Å². The highest BCUT2D eigenvalue weighted by Gasteiger charge is 2.16. The van der Waals surface area contributed by atoms with Gasteiger partial charge in [-0.3, -0.25) is 9.89 Å². The third-order valence-corrected chi connectivity index (χ3v) is 5.20. The van der Waals surface area contributed by atoms with Crippen molar-refractivity contribution in [2.45, 2.75) is 33.2 Å². The van der Waals surface area contributed by atoms with Crippen LogP contribution in [0.5, 0.6) is 5.75 Å². The molecule has 2 heterocycles. The van der Waals surface area contributed by atoms with Gasteiger partial charge >= 0.3 is 0 Å². The molecule has 0 atom stereocenters. The molecule has 8 nitrogen and oxygen atoms in total. The Hall–Kier alpha value is -3.65. The fraction of sp³-hybridized carbons (Fsp3) is 0.250. The molecule has 4 aromatic rings. The van der Waals surface area contributed by atoms with E-state index in [0.717, 1.165) is 27.7 Å². The molecule has 0 spiro atoms. The molecule has 33 heavy (non-hydrogen) atoms. The first-order chi connectivity index (χ1) is 15.7. The molecule has 0 fully saturated rings. The highest BCUT2D eigenvalue weighted by molar-refractivity contribution is 6.32. The van der Waals surface area contributed by atoms with Crippen LogP contribution in [0.15, 0.2) is 48.8 Å². The molecule has 9 heteroatoms. The number of nitrogens with one attached hydrogen (secondary N) is 3. The predicted octanol–water partition coefficient (Wildman–Crippen LogP) is 5.02. The molecule has 0 aliphatic heterocycles. The summed E-state index contributed by atoms with van der Waals surface area (Å²) in [6.07, 6.45) is 3.41. The van der Waals surface area contributed by atoms with Crippen LogP contribution in [0.4, 0.5) is 11.5 Å². The lowest BCUT2D eigenvalue weighted by atomic mass is 10.1. The number of hydrogen-bond donors (Lipinski definition) is 3. The number of hydrogen-bond acceptors (Lipinski definition) is 6. The fourth-order valence-electron chi connectivity index (χ4n) is 3.37. The summed E-state index contributed by atoms with van der Waals surface area (Å²) in [6, 6.07) is 11.0. The van der Waals surface area contributed by atoms with E-state index in [1.165, 1.54) is 0 Å². The van der Waals surface area contributed by atoms with Crippen molar-refractivity contribution in [2.75, 3.05) is 11.9 Å². The Morgan fingerprint density at radius 3 is 2.73 bits per heavy atom. The van der Waals surface area contributed by atoms with E-state index in [1.54, 1.807) is 18.5 Å². The fourth-order valence-corrected chi connectivity index (χ4v) is 3.53. The smallest absolute Gasteiger partial charge is 0.258 e. The summed E-state index contributed by atoms with van der Waals surface area (Å²) in [7, 11) is 0. The van der Waals surface area contributed by atoms with Crippen LogP contribution in [0.25, 0.3) is 22.3 Å². The monoisotopic (exact) mass is 464 g/mol. The first-order valence-electron chi connectivity index (χ1n) is 10.5. The van der Waals surface area contributed by atoms with E-state index in [4.69, 9.17) is 26.3 Å². The van der Waals surface area contributed by atoms with Gasteiger partial charge in [-0.15, -0.1) is 0 Å². The van der Waals surface area contributed by atoms with Gasteiger partial charge < -0.3 is 15.4 Å². The third-order valence-electron chi connectivity index (χ3n) is 4.80. The normalized spacial score (nSPS) is 11.4. The molecule has 2 aromatic heterocycles. The number of aromatic amines is 1. The van der Waals surface area contributed by atoms with Gasteiger partial charge in [0.1, 0.15) is 11.6 Å². The Kier molecular flexibility index (Phi) is 6.20. The van der Waals surface area contributed by atoms with Crippen LogP contribution >= 0.6 is 11.6 Å². The zero-order valence-electron chi connectivity index (χ0n) is 18.9. The quantitative estimate of drug-likeness (QED) is 0.370. The molecule has 2 aromatic carbocycles. The minimum absolute atomic E-state index is 0.0791. The molecule has 1 amide bonds. The SMILES string of the molecule is Cc1c(Cl)ccc2nc(-c3cccc(OCC(=O)NC(C)(C)C)c3)nc(Nc3cn[nH]c3)c12. The molecular formula is C24H25ClN6O2. The molecule has 0 saturated carbocycles. The topological polar surface area (TPSA) is 105 Å². The summed E-state index contributed by atoms with van der Waals surface area (Å²) in [5, 5.41) is 14.4. The van der Waals surface area contributed by atoms with E-state index in [0.29, 0.717) is 22.4 Å². The van der Waals surface area contributed by atoms with Crippen molar-refractivity contribution >= 4 is 39.9 Å². The Balaban J connectivity index is 1.68. The number of fused-ring (bicyclic) bond motifs is 1. The van der Waals surface area contributed by atoms with Crippen molar-refractivity contribution in [3.63, 3.8) is 0 Å². The maximum absolute atomic E-state index is 12.1. The zero-order chi connectivity index (χ0) is 23.6. The Morgan fingerprint density at radius 2 is 2.00 bits per heavy atom. The number of halogens is 1.